The number of nitrogens with one attached hydrogen (secondary N) is 1. The largest absolute Gasteiger partial charge is 0.479 e. The van der Waals surface area contributed by atoms with E-state index in [1.165, 1.54) is 0 Å². The molecule has 1 aliphatic heterocycles. The van der Waals surface area contributed by atoms with Gasteiger partial charge in [0.1, 0.15) is 0 Å². The van der Waals surface area contributed by atoms with Gasteiger partial charge in [-0.15, -0.1) is 0 Å². The number of urea groups is 1. The van der Waals surface area contributed by atoms with Crippen LogP contribution in [0.25, 0.3) is 0 Å². The molecular formula is C15H20N2O3. The Morgan fingerprint density at radius 3 is 2.65 bits per heavy atom. The first-order valence-electron chi connectivity index (χ1n) is 6.95. The lowest BCUT2D eigenvalue weighted by Crippen LogP contribution is -2.42. The second-order valence-corrected chi connectivity index (χ2v) is 5.14. The molecule has 1 fully saturated rings. The fourth-order valence-corrected chi connectivity index (χ4v) is 2.50. The summed E-state index contributed by atoms with van der Waals surface area (Å²) in [4.78, 5) is 25.2. The van der Waals surface area contributed by atoms with Crippen LogP contribution in [-0.2, 0) is 4.79 Å². The number of likely N-dealkylation sites (tertiary alicyclic amines) is 1. The van der Waals surface area contributed by atoms with Crippen LogP contribution in [0.4, 0.5) is 4.79 Å². The van der Waals surface area contributed by atoms with E-state index >= 15 is 0 Å². The molecule has 1 aromatic rings. The van der Waals surface area contributed by atoms with Crippen molar-refractivity contribution in [2.45, 2.75) is 25.8 Å². The molecule has 0 bridgehead atoms. The van der Waals surface area contributed by atoms with Crippen LogP contribution in [0.2, 0.25) is 0 Å². The number of carboxylic acids is 1. The van der Waals surface area contributed by atoms with Gasteiger partial charge >= 0.3 is 12.0 Å². The summed E-state index contributed by atoms with van der Waals surface area (Å²) in [5, 5.41) is 11.9. The molecular weight excluding hydrogens is 256 g/mol. The highest BCUT2D eigenvalue weighted by Gasteiger charge is 2.29. The van der Waals surface area contributed by atoms with E-state index in [1.54, 1.807) is 29.2 Å². The Morgan fingerprint density at radius 2 is 2.10 bits per heavy atom. The van der Waals surface area contributed by atoms with Crippen LogP contribution in [-0.4, -0.2) is 35.1 Å². The summed E-state index contributed by atoms with van der Waals surface area (Å²) < 4.78 is 0. The van der Waals surface area contributed by atoms with Crippen molar-refractivity contribution in [2.75, 3.05) is 13.1 Å². The van der Waals surface area contributed by atoms with Crippen molar-refractivity contribution < 1.29 is 14.7 Å². The highest BCUT2D eigenvalue weighted by molar-refractivity contribution is 5.83. The fraction of sp³-hybridized carbons (Fsp3) is 0.467. The van der Waals surface area contributed by atoms with Gasteiger partial charge in [0.05, 0.1) is 0 Å². The minimum atomic E-state index is -1.05. The smallest absolute Gasteiger partial charge is 0.330 e. The molecule has 1 heterocycles. The molecule has 5 nitrogen and oxygen atoms in total. The monoisotopic (exact) mass is 276 g/mol. The molecule has 0 aliphatic carbocycles. The molecule has 2 atom stereocenters. The Bertz CT molecular complexity index is 475. The molecule has 0 aromatic heterocycles. The van der Waals surface area contributed by atoms with Gasteiger partial charge < -0.3 is 15.3 Å². The third kappa shape index (κ3) is 3.29. The lowest BCUT2D eigenvalue weighted by atomic mass is 10.1. The van der Waals surface area contributed by atoms with Gasteiger partial charge in [0, 0.05) is 13.1 Å². The Labute approximate surface area is 118 Å². The van der Waals surface area contributed by atoms with Crippen molar-refractivity contribution in [3.05, 3.63) is 35.9 Å². The predicted octanol–water partition coefficient (Wildman–Crippen LogP) is 2.25. The second-order valence-electron chi connectivity index (χ2n) is 5.14. The Balaban J connectivity index is 2.02. The van der Waals surface area contributed by atoms with E-state index in [0.717, 1.165) is 12.8 Å². The van der Waals surface area contributed by atoms with Crippen LogP contribution in [0.15, 0.2) is 30.3 Å². The highest BCUT2D eigenvalue weighted by Crippen LogP contribution is 2.20. The summed E-state index contributed by atoms with van der Waals surface area (Å²) in [5.41, 5.74) is 0.583. The van der Waals surface area contributed by atoms with Crippen molar-refractivity contribution in [1.29, 1.82) is 0 Å². The average molecular weight is 276 g/mol. The van der Waals surface area contributed by atoms with Crippen molar-refractivity contribution in [3.63, 3.8) is 0 Å². The number of aliphatic carboxylic acids is 1. The summed E-state index contributed by atoms with van der Waals surface area (Å²) in [6.07, 6.45) is 2.04. The zero-order valence-corrected chi connectivity index (χ0v) is 11.6. The van der Waals surface area contributed by atoms with E-state index in [4.69, 9.17) is 0 Å². The molecule has 108 valence electrons. The number of hydrogen-bond donors (Lipinski definition) is 2. The van der Waals surface area contributed by atoms with Crippen molar-refractivity contribution in [3.8, 4) is 0 Å². The van der Waals surface area contributed by atoms with Gasteiger partial charge in [-0.3, -0.25) is 0 Å². The van der Waals surface area contributed by atoms with Crippen LogP contribution in [0.3, 0.4) is 0 Å². The quantitative estimate of drug-likeness (QED) is 0.886. The number of rotatable bonds is 4. The van der Waals surface area contributed by atoms with Crippen LogP contribution >= 0.6 is 0 Å². The lowest BCUT2D eigenvalue weighted by Gasteiger charge is -2.21. The normalized spacial score (nSPS) is 19.6. The number of carbonyl (C=O) groups is 2. The van der Waals surface area contributed by atoms with Crippen molar-refractivity contribution in [1.82, 2.24) is 10.2 Å². The van der Waals surface area contributed by atoms with Gasteiger partial charge in [0.25, 0.3) is 0 Å². The molecule has 1 aliphatic rings. The molecule has 1 aromatic carbocycles. The number of nitrogens with zero attached hydrogens (tertiary/aromatic N) is 1. The Morgan fingerprint density at radius 1 is 1.40 bits per heavy atom. The molecule has 5 heteroatoms. The van der Waals surface area contributed by atoms with Crippen LogP contribution in [0.1, 0.15) is 31.4 Å². The minimum Gasteiger partial charge on any atom is -0.479 e. The number of benzene rings is 1. The van der Waals surface area contributed by atoms with Gasteiger partial charge in [-0.05, 0) is 17.9 Å². The summed E-state index contributed by atoms with van der Waals surface area (Å²) in [6, 6.07) is 7.47. The Kier molecular flexibility index (Phi) is 4.61. The average Bonchev–Trinajstić information content (AvgIpc) is 2.94. The summed E-state index contributed by atoms with van der Waals surface area (Å²) >= 11 is 0. The van der Waals surface area contributed by atoms with Gasteiger partial charge in [-0.1, -0.05) is 43.7 Å². The molecule has 2 N–H and O–H groups in total. The van der Waals surface area contributed by atoms with E-state index in [1.807, 2.05) is 6.07 Å². The molecule has 2 amide bonds. The molecule has 2 unspecified atom stereocenters. The first-order valence-corrected chi connectivity index (χ1v) is 6.95. The van der Waals surface area contributed by atoms with E-state index in [0.29, 0.717) is 24.6 Å². The maximum Gasteiger partial charge on any atom is 0.330 e. The van der Waals surface area contributed by atoms with Gasteiger partial charge in [-0.2, -0.15) is 0 Å². The molecule has 0 saturated carbocycles. The minimum absolute atomic E-state index is 0.294. The maximum absolute atomic E-state index is 12.1. The summed E-state index contributed by atoms with van der Waals surface area (Å²) in [5.74, 6) is -0.517. The van der Waals surface area contributed by atoms with Crippen LogP contribution in [0.5, 0.6) is 0 Å². The van der Waals surface area contributed by atoms with Gasteiger partial charge in [0.2, 0.25) is 0 Å². The predicted molar refractivity (Wildman–Crippen MR) is 75.3 cm³/mol. The number of hydrogen-bond acceptors (Lipinski definition) is 2. The van der Waals surface area contributed by atoms with Crippen LogP contribution in [0, 0.1) is 5.92 Å². The van der Waals surface area contributed by atoms with E-state index in [2.05, 4.69) is 12.2 Å². The standard InChI is InChI=1S/C15H20N2O3/c1-2-11-8-9-17(10-11)15(20)16-13(14(18)19)12-6-4-3-5-7-12/h3-7,11,13H,2,8-10H2,1H3,(H,16,20)(H,18,19). The molecule has 0 spiro atoms. The second kappa shape index (κ2) is 6.41. The van der Waals surface area contributed by atoms with E-state index in [-0.39, 0.29) is 6.03 Å². The lowest BCUT2D eigenvalue weighted by molar-refractivity contribution is -0.139. The fourth-order valence-electron chi connectivity index (χ4n) is 2.50. The number of carbonyl (C=O) groups excluding carboxylic acids is 1. The van der Waals surface area contributed by atoms with E-state index in [9.17, 15) is 14.7 Å². The molecule has 20 heavy (non-hydrogen) atoms. The first kappa shape index (κ1) is 14.4. The third-order valence-corrected chi connectivity index (χ3v) is 3.80. The maximum atomic E-state index is 12.1. The molecule has 1 saturated heterocycles. The van der Waals surface area contributed by atoms with Crippen molar-refractivity contribution >= 4 is 12.0 Å². The van der Waals surface area contributed by atoms with Crippen LogP contribution < -0.4 is 5.32 Å². The molecule has 2 rings (SSSR count). The number of amides is 2. The van der Waals surface area contributed by atoms with Gasteiger partial charge in [-0.25, -0.2) is 9.59 Å². The SMILES string of the molecule is CCC1CCN(C(=O)NC(C(=O)O)c2ccccc2)C1. The third-order valence-electron chi connectivity index (χ3n) is 3.80. The Hall–Kier alpha value is -2.04. The summed E-state index contributed by atoms with van der Waals surface area (Å²) in [7, 11) is 0. The highest BCUT2D eigenvalue weighted by atomic mass is 16.4. The van der Waals surface area contributed by atoms with Gasteiger partial charge in [0.15, 0.2) is 6.04 Å². The molecule has 0 radical (unpaired) electrons. The zero-order valence-electron chi connectivity index (χ0n) is 11.6. The topological polar surface area (TPSA) is 69.6 Å². The summed E-state index contributed by atoms with van der Waals surface area (Å²) in [6.45, 7) is 3.52. The van der Waals surface area contributed by atoms with Crippen molar-refractivity contribution in [2.24, 2.45) is 5.92 Å². The first-order chi connectivity index (χ1) is 9.61. The van der Waals surface area contributed by atoms with E-state index < -0.39 is 12.0 Å². The zero-order chi connectivity index (χ0) is 14.5. The number of carboxylic acid groups (broad SMARTS) is 1.